The molecule has 0 saturated carbocycles. The largest absolute Gasteiger partial charge is 0.496 e. The van der Waals surface area contributed by atoms with E-state index in [9.17, 15) is 0 Å². The number of rotatable bonds is 6. The van der Waals surface area contributed by atoms with Crippen LogP contribution in [0.25, 0.3) is 0 Å². The van der Waals surface area contributed by atoms with E-state index in [0.29, 0.717) is 6.61 Å². The molecule has 0 aliphatic rings. The lowest BCUT2D eigenvalue weighted by Crippen LogP contribution is -2.08. The van der Waals surface area contributed by atoms with Crippen LogP contribution in [0.15, 0.2) is 39.3 Å². The van der Waals surface area contributed by atoms with Gasteiger partial charge in [0.2, 0.25) is 0 Å². The first kappa shape index (κ1) is 16.3. The standard InChI is InChI=1S/C15H16Br2N2O2/c1-18-8-10-4-3-5-11(19-10)9-21-15-7-12(16)14(20-2)6-13(15)17/h3-7,18H,8-9H2,1-2H3. The number of hydrogen-bond donors (Lipinski definition) is 1. The lowest BCUT2D eigenvalue weighted by molar-refractivity contribution is 0.298. The molecule has 0 unspecified atom stereocenters. The molecule has 0 saturated heterocycles. The summed E-state index contributed by atoms with van der Waals surface area (Å²) < 4.78 is 12.7. The number of methoxy groups -OCH3 is 1. The van der Waals surface area contributed by atoms with Crippen molar-refractivity contribution in [3.05, 3.63) is 50.7 Å². The first-order chi connectivity index (χ1) is 10.1. The second-order valence-electron chi connectivity index (χ2n) is 4.36. The topological polar surface area (TPSA) is 43.4 Å². The van der Waals surface area contributed by atoms with Crippen LogP contribution in [-0.2, 0) is 13.2 Å². The maximum atomic E-state index is 5.82. The van der Waals surface area contributed by atoms with Gasteiger partial charge in [-0.1, -0.05) is 6.07 Å². The molecule has 0 aliphatic heterocycles. The van der Waals surface area contributed by atoms with E-state index in [0.717, 1.165) is 38.4 Å². The van der Waals surface area contributed by atoms with Crippen LogP contribution in [0.1, 0.15) is 11.4 Å². The van der Waals surface area contributed by atoms with Crippen LogP contribution in [-0.4, -0.2) is 19.1 Å². The summed E-state index contributed by atoms with van der Waals surface area (Å²) in [7, 11) is 3.53. The van der Waals surface area contributed by atoms with Crippen LogP contribution in [0.4, 0.5) is 0 Å². The van der Waals surface area contributed by atoms with Crippen molar-refractivity contribution in [2.45, 2.75) is 13.2 Å². The molecule has 1 aromatic carbocycles. The van der Waals surface area contributed by atoms with Crippen molar-refractivity contribution < 1.29 is 9.47 Å². The van der Waals surface area contributed by atoms with Crippen molar-refractivity contribution in [1.82, 2.24) is 10.3 Å². The van der Waals surface area contributed by atoms with E-state index in [2.05, 4.69) is 42.2 Å². The maximum absolute atomic E-state index is 5.82. The van der Waals surface area contributed by atoms with Crippen molar-refractivity contribution in [3.8, 4) is 11.5 Å². The fraction of sp³-hybridized carbons (Fsp3) is 0.267. The predicted molar refractivity (Wildman–Crippen MR) is 89.7 cm³/mol. The number of nitrogens with zero attached hydrogens (tertiary/aromatic N) is 1. The van der Waals surface area contributed by atoms with E-state index in [-0.39, 0.29) is 0 Å². The van der Waals surface area contributed by atoms with Crippen LogP contribution in [0.2, 0.25) is 0 Å². The van der Waals surface area contributed by atoms with Crippen molar-refractivity contribution in [1.29, 1.82) is 0 Å². The zero-order valence-corrected chi connectivity index (χ0v) is 15.0. The molecule has 0 atom stereocenters. The third kappa shape index (κ3) is 4.43. The highest BCUT2D eigenvalue weighted by molar-refractivity contribution is 9.11. The van der Waals surface area contributed by atoms with Crippen molar-refractivity contribution in [3.63, 3.8) is 0 Å². The van der Waals surface area contributed by atoms with Gasteiger partial charge in [0.1, 0.15) is 18.1 Å². The lowest BCUT2D eigenvalue weighted by atomic mass is 10.3. The van der Waals surface area contributed by atoms with Gasteiger partial charge in [-0.05, 0) is 63.2 Å². The molecule has 0 fully saturated rings. The highest BCUT2D eigenvalue weighted by atomic mass is 79.9. The molecule has 112 valence electrons. The molecule has 0 amide bonds. The third-order valence-corrected chi connectivity index (χ3v) is 4.04. The minimum Gasteiger partial charge on any atom is -0.496 e. The molecule has 0 bridgehead atoms. The number of pyridine rings is 1. The summed E-state index contributed by atoms with van der Waals surface area (Å²) in [4.78, 5) is 4.52. The zero-order valence-electron chi connectivity index (χ0n) is 11.8. The first-order valence-electron chi connectivity index (χ1n) is 6.39. The van der Waals surface area contributed by atoms with Crippen LogP contribution in [0.3, 0.4) is 0 Å². The summed E-state index contributed by atoms with van der Waals surface area (Å²) in [6, 6.07) is 9.66. The number of aromatic nitrogens is 1. The van der Waals surface area contributed by atoms with Crippen molar-refractivity contribution in [2.75, 3.05) is 14.2 Å². The third-order valence-electron chi connectivity index (χ3n) is 2.80. The van der Waals surface area contributed by atoms with Crippen LogP contribution >= 0.6 is 31.9 Å². The molecule has 0 spiro atoms. The van der Waals surface area contributed by atoms with Gasteiger partial charge in [-0.15, -0.1) is 0 Å². The van der Waals surface area contributed by atoms with Gasteiger partial charge in [0.15, 0.2) is 0 Å². The molecular weight excluding hydrogens is 400 g/mol. The summed E-state index contributed by atoms with van der Waals surface area (Å²) in [5, 5.41) is 3.08. The Balaban J connectivity index is 2.09. The molecule has 21 heavy (non-hydrogen) atoms. The molecular formula is C15H16Br2N2O2. The molecule has 1 heterocycles. The van der Waals surface area contributed by atoms with Gasteiger partial charge in [-0.3, -0.25) is 4.98 Å². The van der Waals surface area contributed by atoms with E-state index in [1.54, 1.807) is 7.11 Å². The molecule has 2 aromatic rings. The molecule has 4 nitrogen and oxygen atoms in total. The average molecular weight is 416 g/mol. The fourth-order valence-corrected chi connectivity index (χ4v) is 2.74. The van der Waals surface area contributed by atoms with Crippen molar-refractivity contribution in [2.24, 2.45) is 0 Å². The second kappa shape index (κ2) is 7.77. The van der Waals surface area contributed by atoms with Gasteiger partial charge in [0.25, 0.3) is 0 Å². The Labute approximate surface area is 141 Å². The minimum absolute atomic E-state index is 0.412. The number of hydrogen-bond acceptors (Lipinski definition) is 4. The van der Waals surface area contributed by atoms with Crippen LogP contribution < -0.4 is 14.8 Å². The van der Waals surface area contributed by atoms with Gasteiger partial charge in [0, 0.05) is 6.54 Å². The summed E-state index contributed by atoms with van der Waals surface area (Å²) in [6.45, 7) is 1.15. The van der Waals surface area contributed by atoms with Gasteiger partial charge in [0.05, 0.1) is 27.4 Å². The Morgan fingerprint density at radius 1 is 1.10 bits per heavy atom. The zero-order chi connectivity index (χ0) is 15.2. The molecule has 1 N–H and O–H groups in total. The molecule has 0 aliphatic carbocycles. The van der Waals surface area contributed by atoms with Gasteiger partial charge < -0.3 is 14.8 Å². The average Bonchev–Trinajstić information content (AvgIpc) is 2.48. The van der Waals surface area contributed by atoms with Gasteiger partial charge in [-0.2, -0.15) is 0 Å². The smallest absolute Gasteiger partial charge is 0.135 e. The summed E-state index contributed by atoms with van der Waals surface area (Å²) >= 11 is 6.93. The Bertz CT molecular complexity index is 621. The molecule has 2 rings (SSSR count). The quantitative estimate of drug-likeness (QED) is 0.776. The highest BCUT2D eigenvalue weighted by Crippen LogP contribution is 2.36. The lowest BCUT2D eigenvalue weighted by Gasteiger charge is -2.11. The van der Waals surface area contributed by atoms with E-state index in [4.69, 9.17) is 9.47 Å². The van der Waals surface area contributed by atoms with E-state index < -0.39 is 0 Å². The van der Waals surface area contributed by atoms with E-state index in [1.165, 1.54) is 0 Å². The number of benzene rings is 1. The van der Waals surface area contributed by atoms with Crippen LogP contribution in [0, 0.1) is 0 Å². The predicted octanol–water partition coefficient (Wildman–Crippen LogP) is 3.91. The van der Waals surface area contributed by atoms with Gasteiger partial charge in [-0.25, -0.2) is 0 Å². The molecule has 1 aromatic heterocycles. The summed E-state index contributed by atoms with van der Waals surface area (Å²) in [5.41, 5.74) is 1.88. The fourth-order valence-electron chi connectivity index (χ4n) is 1.82. The van der Waals surface area contributed by atoms with E-state index >= 15 is 0 Å². The number of nitrogens with one attached hydrogen (secondary N) is 1. The van der Waals surface area contributed by atoms with Crippen molar-refractivity contribution >= 4 is 31.9 Å². The summed E-state index contributed by atoms with van der Waals surface area (Å²) in [5.74, 6) is 1.49. The number of ether oxygens (including phenoxy) is 2. The Morgan fingerprint density at radius 3 is 2.48 bits per heavy atom. The Hall–Kier alpha value is -1.11. The van der Waals surface area contributed by atoms with Crippen LogP contribution in [0.5, 0.6) is 11.5 Å². The first-order valence-corrected chi connectivity index (χ1v) is 7.98. The maximum Gasteiger partial charge on any atom is 0.135 e. The molecule has 6 heteroatoms. The Morgan fingerprint density at radius 2 is 1.76 bits per heavy atom. The molecule has 0 radical (unpaired) electrons. The highest BCUT2D eigenvalue weighted by Gasteiger charge is 2.09. The summed E-state index contributed by atoms with van der Waals surface area (Å²) in [6.07, 6.45) is 0. The monoisotopic (exact) mass is 414 g/mol. The number of halogens is 2. The normalized spacial score (nSPS) is 10.5. The van der Waals surface area contributed by atoms with Gasteiger partial charge >= 0.3 is 0 Å². The SMILES string of the molecule is CNCc1cccc(COc2cc(Br)c(OC)cc2Br)n1. The Kier molecular flexibility index (Phi) is 6.02. The minimum atomic E-state index is 0.412. The van der Waals surface area contributed by atoms with E-state index in [1.807, 2.05) is 37.4 Å². The second-order valence-corrected chi connectivity index (χ2v) is 6.07.